The van der Waals surface area contributed by atoms with Crippen molar-refractivity contribution in [1.29, 1.82) is 0 Å². The van der Waals surface area contributed by atoms with Crippen LogP contribution in [0.1, 0.15) is 81.4 Å². The van der Waals surface area contributed by atoms with Crippen molar-refractivity contribution in [2.75, 3.05) is 0 Å². The van der Waals surface area contributed by atoms with Gasteiger partial charge in [-0.1, -0.05) is 82.0 Å². The number of carbonyl (C=O) groups is 1. The van der Waals surface area contributed by atoms with Gasteiger partial charge in [-0.25, -0.2) is 0 Å². The van der Waals surface area contributed by atoms with Crippen molar-refractivity contribution < 1.29 is 28.2 Å². The van der Waals surface area contributed by atoms with Gasteiger partial charge in [0, 0.05) is 6.42 Å². The van der Waals surface area contributed by atoms with Gasteiger partial charge in [-0.05, 0) is 82.7 Å². The van der Waals surface area contributed by atoms with E-state index < -0.39 is 12.6 Å². The molecule has 0 heterocycles. The first kappa shape index (κ1) is 28.6. The second kappa shape index (κ2) is 13.1. The van der Waals surface area contributed by atoms with Crippen LogP contribution in [0.15, 0.2) is 66.7 Å². The first-order valence-corrected chi connectivity index (χ1v) is 13.8. The van der Waals surface area contributed by atoms with Crippen molar-refractivity contribution in [2.24, 2.45) is 5.41 Å². The van der Waals surface area contributed by atoms with Crippen molar-refractivity contribution in [3.8, 4) is 22.6 Å². The lowest BCUT2D eigenvalue weighted by Gasteiger charge is -2.30. The molecule has 1 atom stereocenters. The molecule has 2 fully saturated rings. The quantitative estimate of drug-likeness (QED) is 0.281. The van der Waals surface area contributed by atoms with Crippen LogP contribution in [0, 0.1) is 5.41 Å². The highest BCUT2D eigenvalue weighted by Gasteiger charge is 2.36. The fourth-order valence-corrected chi connectivity index (χ4v) is 5.20. The van der Waals surface area contributed by atoms with Crippen molar-refractivity contribution in [3.05, 3.63) is 83.4 Å². The Morgan fingerprint density at radius 3 is 2.36 bits per heavy atom. The van der Waals surface area contributed by atoms with Crippen LogP contribution in [0.4, 0.5) is 8.78 Å². The molecule has 2 aliphatic carbocycles. The molecule has 3 aromatic carbocycles. The molecule has 2 saturated carbocycles. The second-order valence-electron chi connectivity index (χ2n) is 11.2. The minimum absolute atomic E-state index is 0.0784. The standard InChI is InChI=1S/C30H32F2O4.C3H6/c1-30(2)15-5-10-27(30)26-17-21(19-35-23-8-3-6-20(16-23)12-14-28(33)34)11-13-25(26)22-7-4-9-24(18-22)36-29(31)32;1-2-3-1/h3-4,6-9,11,13,16-18,27,29H,5,10,12,14-15,19H2,1-2H3,(H,33,34);1-3H2. The molecule has 39 heavy (non-hydrogen) atoms. The molecular weight excluding hydrogens is 498 g/mol. The van der Waals surface area contributed by atoms with Gasteiger partial charge in [-0.15, -0.1) is 0 Å². The minimum Gasteiger partial charge on any atom is -0.489 e. The maximum Gasteiger partial charge on any atom is 0.387 e. The highest BCUT2D eigenvalue weighted by atomic mass is 19.3. The zero-order chi connectivity index (χ0) is 27.8. The molecule has 1 unspecified atom stereocenters. The van der Waals surface area contributed by atoms with Gasteiger partial charge in [0.1, 0.15) is 18.1 Å². The number of rotatable bonds is 10. The summed E-state index contributed by atoms with van der Waals surface area (Å²) in [7, 11) is 0. The van der Waals surface area contributed by atoms with Gasteiger partial charge in [0.15, 0.2) is 0 Å². The van der Waals surface area contributed by atoms with Crippen LogP contribution in [-0.4, -0.2) is 17.7 Å². The van der Waals surface area contributed by atoms with E-state index in [1.807, 2.05) is 42.5 Å². The van der Waals surface area contributed by atoms with Gasteiger partial charge < -0.3 is 14.6 Å². The summed E-state index contributed by atoms with van der Waals surface area (Å²) in [5.41, 5.74) is 5.14. The van der Waals surface area contributed by atoms with Crippen molar-refractivity contribution >= 4 is 5.97 Å². The number of halogens is 2. The average molecular weight is 537 g/mol. The first-order valence-electron chi connectivity index (χ1n) is 13.8. The molecule has 0 aromatic heterocycles. The summed E-state index contributed by atoms with van der Waals surface area (Å²) in [6, 6.07) is 20.6. The Morgan fingerprint density at radius 2 is 1.69 bits per heavy atom. The molecule has 1 N–H and O–H groups in total. The van der Waals surface area contributed by atoms with Crippen molar-refractivity contribution in [2.45, 2.75) is 84.4 Å². The van der Waals surface area contributed by atoms with Gasteiger partial charge in [-0.3, -0.25) is 4.79 Å². The molecule has 0 radical (unpaired) electrons. The Hall–Kier alpha value is -3.41. The summed E-state index contributed by atoms with van der Waals surface area (Å²) in [6.45, 7) is 2.08. The fourth-order valence-electron chi connectivity index (χ4n) is 5.20. The summed E-state index contributed by atoms with van der Waals surface area (Å²) in [6.07, 6.45) is 8.39. The Labute approximate surface area is 230 Å². The van der Waals surface area contributed by atoms with Gasteiger partial charge in [0.25, 0.3) is 0 Å². The van der Waals surface area contributed by atoms with E-state index in [0.29, 0.717) is 24.7 Å². The summed E-state index contributed by atoms with van der Waals surface area (Å²) in [4.78, 5) is 10.9. The van der Waals surface area contributed by atoms with Gasteiger partial charge >= 0.3 is 12.6 Å². The van der Waals surface area contributed by atoms with Crippen LogP contribution >= 0.6 is 0 Å². The predicted octanol–water partition coefficient (Wildman–Crippen LogP) is 9.02. The maximum absolute atomic E-state index is 12.8. The number of hydrogen-bond acceptors (Lipinski definition) is 3. The topological polar surface area (TPSA) is 55.8 Å². The Kier molecular flexibility index (Phi) is 9.60. The number of ether oxygens (including phenoxy) is 2. The number of benzene rings is 3. The smallest absolute Gasteiger partial charge is 0.387 e. The van der Waals surface area contributed by atoms with Crippen molar-refractivity contribution in [3.63, 3.8) is 0 Å². The average Bonchev–Trinajstić information content (AvgIpc) is 3.74. The molecule has 0 bridgehead atoms. The molecule has 208 valence electrons. The summed E-state index contributed by atoms with van der Waals surface area (Å²) < 4.78 is 36.3. The van der Waals surface area contributed by atoms with Crippen LogP contribution in [-0.2, 0) is 17.8 Å². The fraction of sp³-hybridized carbons (Fsp3) is 0.424. The molecule has 5 rings (SSSR count). The Morgan fingerprint density at radius 1 is 0.949 bits per heavy atom. The number of hydrogen-bond donors (Lipinski definition) is 1. The molecule has 0 saturated heterocycles. The van der Waals surface area contributed by atoms with Gasteiger partial charge in [0.2, 0.25) is 0 Å². The molecular formula is C33H38F2O4. The molecule has 3 aromatic rings. The van der Waals surface area contributed by atoms with Crippen LogP contribution in [0.2, 0.25) is 0 Å². The van der Waals surface area contributed by atoms with Gasteiger partial charge in [0.05, 0.1) is 0 Å². The van der Waals surface area contributed by atoms with Crippen molar-refractivity contribution in [1.82, 2.24) is 0 Å². The van der Waals surface area contributed by atoms with E-state index in [9.17, 15) is 13.6 Å². The lowest BCUT2D eigenvalue weighted by molar-refractivity contribution is -0.136. The largest absolute Gasteiger partial charge is 0.489 e. The second-order valence-corrected chi connectivity index (χ2v) is 11.2. The zero-order valence-corrected chi connectivity index (χ0v) is 22.8. The van der Waals surface area contributed by atoms with Crippen LogP contribution in [0.25, 0.3) is 11.1 Å². The van der Waals surface area contributed by atoms with E-state index in [-0.39, 0.29) is 17.6 Å². The van der Waals surface area contributed by atoms with E-state index in [2.05, 4.69) is 24.7 Å². The van der Waals surface area contributed by atoms with Gasteiger partial charge in [-0.2, -0.15) is 8.78 Å². The molecule has 4 nitrogen and oxygen atoms in total. The third-order valence-corrected chi connectivity index (χ3v) is 7.40. The minimum atomic E-state index is -2.87. The van der Waals surface area contributed by atoms with Crippen LogP contribution in [0.5, 0.6) is 11.5 Å². The van der Waals surface area contributed by atoms with E-state index in [0.717, 1.165) is 41.5 Å². The Bertz CT molecular complexity index is 1250. The lowest BCUT2D eigenvalue weighted by Crippen LogP contribution is -2.16. The monoisotopic (exact) mass is 536 g/mol. The Balaban J connectivity index is 0.00000110. The summed E-state index contributed by atoms with van der Waals surface area (Å²) >= 11 is 0. The molecule has 0 amide bonds. The first-order chi connectivity index (χ1) is 18.7. The van der Waals surface area contributed by atoms with E-state index in [4.69, 9.17) is 9.84 Å². The number of carboxylic acid groups (broad SMARTS) is 1. The highest BCUT2D eigenvalue weighted by Crippen LogP contribution is 2.51. The number of alkyl halides is 2. The lowest BCUT2D eigenvalue weighted by atomic mass is 9.75. The van der Waals surface area contributed by atoms with Crippen LogP contribution < -0.4 is 9.47 Å². The number of aliphatic carboxylic acids is 1. The summed E-state index contributed by atoms with van der Waals surface area (Å²) in [5.74, 6) is 0.359. The number of aryl methyl sites for hydroxylation is 1. The molecule has 0 aliphatic heterocycles. The zero-order valence-electron chi connectivity index (χ0n) is 22.8. The highest BCUT2D eigenvalue weighted by molar-refractivity contribution is 5.70. The van der Waals surface area contributed by atoms with E-state index in [1.54, 1.807) is 18.2 Å². The molecule has 2 aliphatic rings. The van der Waals surface area contributed by atoms with E-state index in [1.165, 1.54) is 24.8 Å². The van der Waals surface area contributed by atoms with Crippen LogP contribution in [0.3, 0.4) is 0 Å². The predicted molar refractivity (Wildman–Crippen MR) is 149 cm³/mol. The normalized spacial score (nSPS) is 17.3. The third kappa shape index (κ3) is 8.54. The molecule has 6 heteroatoms. The third-order valence-electron chi connectivity index (χ3n) is 7.40. The van der Waals surface area contributed by atoms with E-state index >= 15 is 0 Å². The summed E-state index contributed by atoms with van der Waals surface area (Å²) in [5, 5.41) is 8.94. The number of carboxylic acids is 1. The molecule has 0 spiro atoms. The SMILES string of the molecule is C1CC1.CC1(C)CCCC1c1cc(COc2cccc(CCC(=O)O)c2)ccc1-c1cccc(OC(F)F)c1. The maximum atomic E-state index is 12.8.